The van der Waals surface area contributed by atoms with Crippen molar-refractivity contribution in [1.82, 2.24) is 4.98 Å². The van der Waals surface area contributed by atoms with E-state index in [-0.39, 0.29) is 18.8 Å². The highest BCUT2D eigenvalue weighted by molar-refractivity contribution is 6.31. The fraction of sp³-hybridized carbons (Fsp3) is 0.0952. The SMILES string of the molecule is C.NC(=O)c1cc(Oc2ccc(NC(=O)Nc3ccc(Cl)c(C(F)(F)F)c3)cc2)ccn1. The Morgan fingerprint density at radius 1 is 0.938 bits per heavy atom. The number of pyridine rings is 1. The first kappa shape index (κ1) is 24.5. The zero-order chi connectivity index (χ0) is 22.6. The summed E-state index contributed by atoms with van der Waals surface area (Å²) in [6.07, 6.45) is -3.27. The third-order valence-corrected chi connectivity index (χ3v) is 4.19. The van der Waals surface area contributed by atoms with Crippen LogP contribution in [0.2, 0.25) is 5.02 Å². The number of nitrogens with two attached hydrogens (primary N) is 1. The van der Waals surface area contributed by atoms with Crippen molar-refractivity contribution in [2.24, 2.45) is 5.73 Å². The predicted molar refractivity (Wildman–Crippen MR) is 115 cm³/mol. The molecule has 0 atom stereocenters. The Balaban J connectivity index is 0.00000363. The first-order valence-electron chi connectivity index (χ1n) is 8.60. The van der Waals surface area contributed by atoms with Crippen molar-refractivity contribution >= 4 is 34.9 Å². The Bertz CT molecular complexity index is 1120. The molecule has 0 aliphatic carbocycles. The van der Waals surface area contributed by atoms with Crippen molar-refractivity contribution in [3.05, 3.63) is 77.1 Å². The summed E-state index contributed by atoms with van der Waals surface area (Å²) >= 11 is 5.56. The molecule has 11 heteroatoms. The van der Waals surface area contributed by atoms with E-state index in [2.05, 4.69) is 15.6 Å². The summed E-state index contributed by atoms with van der Waals surface area (Å²) in [6, 6.07) is 11.4. The zero-order valence-electron chi connectivity index (χ0n) is 15.5. The third kappa shape index (κ3) is 6.35. The Labute approximate surface area is 186 Å². The number of carbonyl (C=O) groups is 2. The van der Waals surface area contributed by atoms with Gasteiger partial charge in [-0.1, -0.05) is 19.0 Å². The first-order chi connectivity index (χ1) is 14.6. The number of carbonyl (C=O) groups excluding carboxylic acids is 2. The van der Waals surface area contributed by atoms with E-state index >= 15 is 0 Å². The number of alkyl halides is 3. The predicted octanol–water partition coefficient (Wildman–Crippen LogP) is 5.93. The number of halogens is 4. The molecule has 4 N–H and O–H groups in total. The van der Waals surface area contributed by atoms with Crippen LogP contribution in [-0.4, -0.2) is 16.9 Å². The van der Waals surface area contributed by atoms with Gasteiger partial charge in [0, 0.05) is 23.6 Å². The van der Waals surface area contributed by atoms with Gasteiger partial charge >= 0.3 is 12.2 Å². The summed E-state index contributed by atoms with van der Waals surface area (Å²) in [5, 5.41) is 4.33. The van der Waals surface area contributed by atoms with Crippen LogP contribution in [0, 0.1) is 0 Å². The van der Waals surface area contributed by atoms with E-state index in [9.17, 15) is 22.8 Å². The monoisotopic (exact) mass is 466 g/mol. The molecule has 0 radical (unpaired) electrons. The van der Waals surface area contributed by atoms with Gasteiger partial charge in [-0.05, 0) is 48.5 Å². The van der Waals surface area contributed by atoms with Gasteiger partial charge in [-0.15, -0.1) is 0 Å². The summed E-state index contributed by atoms with van der Waals surface area (Å²) in [5.74, 6) is 0.0459. The maximum absolute atomic E-state index is 12.9. The Morgan fingerprint density at radius 3 is 2.19 bits per heavy atom. The molecule has 1 heterocycles. The average molecular weight is 467 g/mol. The lowest BCUT2D eigenvalue weighted by molar-refractivity contribution is -0.137. The Kier molecular flexibility index (Phi) is 7.66. The molecule has 0 aliphatic rings. The van der Waals surface area contributed by atoms with Crippen LogP contribution >= 0.6 is 11.6 Å². The van der Waals surface area contributed by atoms with Crippen LogP contribution < -0.4 is 21.1 Å². The summed E-state index contributed by atoms with van der Waals surface area (Å²) in [4.78, 5) is 27.1. The van der Waals surface area contributed by atoms with Crippen molar-refractivity contribution in [1.29, 1.82) is 0 Å². The highest BCUT2D eigenvalue weighted by atomic mass is 35.5. The van der Waals surface area contributed by atoms with E-state index in [1.54, 1.807) is 12.1 Å². The van der Waals surface area contributed by atoms with Gasteiger partial charge in [0.1, 0.15) is 17.2 Å². The highest BCUT2D eigenvalue weighted by Crippen LogP contribution is 2.36. The van der Waals surface area contributed by atoms with E-state index in [1.165, 1.54) is 36.5 Å². The maximum Gasteiger partial charge on any atom is 0.417 e. The van der Waals surface area contributed by atoms with Gasteiger partial charge in [0.2, 0.25) is 0 Å². The topological polar surface area (TPSA) is 106 Å². The molecule has 0 spiro atoms. The molecular formula is C21H18ClF3N4O3. The molecule has 168 valence electrons. The second-order valence-corrected chi connectivity index (χ2v) is 6.55. The molecule has 0 saturated heterocycles. The molecule has 7 nitrogen and oxygen atoms in total. The average Bonchev–Trinajstić information content (AvgIpc) is 2.70. The number of benzene rings is 2. The minimum atomic E-state index is -4.64. The number of nitrogens with one attached hydrogen (secondary N) is 2. The normalized spacial score (nSPS) is 10.6. The smallest absolute Gasteiger partial charge is 0.417 e. The fourth-order valence-electron chi connectivity index (χ4n) is 2.47. The molecule has 3 amide bonds. The summed E-state index contributed by atoms with van der Waals surface area (Å²) in [5.41, 5.74) is 4.45. The van der Waals surface area contributed by atoms with Crippen molar-refractivity contribution in [2.45, 2.75) is 13.6 Å². The second kappa shape index (κ2) is 10.0. The minimum absolute atomic E-state index is 0. The molecule has 0 fully saturated rings. The van der Waals surface area contributed by atoms with Crippen LogP contribution in [0.5, 0.6) is 11.5 Å². The molecule has 0 unspecified atom stereocenters. The van der Waals surface area contributed by atoms with Crippen LogP contribution in [0.4, 0.5) is 29.3 Å². The molecule has 3 rings (SSSR count). The molecule has 0 bridgehead atoms. The lowest BCUT2D eigenvalue weighted by Crippen LogP contribution is -2.19. The van der Waals surface area contributed by atoms with E-state index < -0.39 is 28.7 Å². The van der Waals surface area contributed by atoms with Crippen LogP contribution in [0.25, 0.3) is 0 Å². The number of hydrogen-bond acceptors (Lipinski definition) is 4. The van der Waals surface area contributed by atoms with Crippen LogP contribution in [0.3, 0.4) is 0 Å². The van der Waals surface area contributed by atoms with Gasteiger partial charge in [0.05, 0.1) is 10.6 Å². The molecule has 0 saturated carbocycles. The lowest BCUT2D eigenvalue weighted by Gasteiger charge is -2.12. The quantitative estimate of drug-likeness (QED) is 0.433. The first-order valence-corrected chi connectivity index (χ1v) is 8.98. The number of rotatable bonds is 5. The number of aromatic nitrogens is 1. The molecule has 0 aliphatic heterocycles. The molecule has 2 aromatic carbocycles. The van der Waals surface area contributed by atoms with E-state index in [1.807, 2.05) is 0 Å². The Morgan fingerprint density at radius 2 is 1.56 bits per heavy atom. The molecule has 3 aromatic rings. The minimum Gasteiger partial charge on any atom is -0.457 e. The van der Waals surface area contributed by atoms with Crippen LogP contribution in [-0.2, 0) is 6.18 Å². The van der Waals surface area contributed by atoms with Crippen LogP contribution in [0.15, 0.2) is 60.8 Å². The number of anilines is 2. The van der Waals surface area contributed by atoms with Gasteiger partial charge in [-0.3, -0.25) is 9.78 Å². The number of primary amides is 1. The number of hydrogen-bond donors (Lipinski definition) is 3. The number of amides is 3. The standard InChI is InChI=1S/C20H14ClF3N4O3.CH4/c21-16-6-3-12(9-15(16)20(22,23)24)28-19(30)27-11-1-4-13(5-2-11)31-14-7-8-26-17(10-14)18(25)29;/h1-10H,(H2,25,29)(H2,27,28,30);1H4. The highest BCUT2D eigenvalue weighted by Gasteiger charge is 2.33. The summed E-state index contributed by atoms with van der Waals surface area (Å²) in [7, 11) is 0. The van der Waals surface area contributed by atoms with Crippen molar-refractivity contribution in [3.63, 3.8) is 0 Å². The number of ether oxygens (including phenoxy) is 1. The van der Waals surface area contributed by atoms with Crippen molar-refractivity contribution in [3.8, 4) is 11.5 Å². The number of nitrogens with zero attached hydrogens (tertiary/aromatic N) is 1. The van der Waals surface area contributed by atoms with Gasteiger partial charge < -0.3 is 21.1 Å². The zero-order valence-corrected chi connectivity index (χ0v) is 16.3. The lowest BCUT2D eigenvalue weighted by atomic mass is 10.2. The fourth-order valence-corrected chi connectivity index (χ4v) is 2.69. The summed E-state index contributed by atoms with van der Waals surface area (Å²) < 4.78 is 44.3. The second-order valence-electron chi connectivity index (χ2n) is 6.14. The third-order valence-electron chi connectivity index (χ3n) is 3.86. The van der Waals surface area contributed by atoms with Crippen LogP contribution in [0.1, 0.15) is 23.5 Å². The van der Waals surface area contributed by atoms with E-state index in [0.717, 1.165) is 12.1 Å². The maximum atomic E-state index is 12.9. The largest absolute Gasteiger partial charge is 0.457 e. The summed E-state index contributed by atoms with van der Waals surface area (Å²) in [6.45, 7) is 0. The molecule has 1 aromatic heterocycles. The molecule has 32 heavy (non-hydrogen) atoms. The molecular weight excluding hydrogens is 449 g/mol. The van der Waals surface area contributed by atoms with Crippen molar-refractivity contribution in [2.75, 3.05) is 10.6 Å². The Hall–Kier alpha value is -3.79. The van der Waals surface area contributed by atoms with Crippen molar-refractivity contribution < 1.29 is 27.5 Å². The van der Waals surface area contributed by atoms with E-state index in [0.29, 0.717) is 17.2 Å². The van der Waals surface area contributed by atoms with Gasteiger partial charge in [0.25, 0.3) is 5.91 Å². The van der Waals surface area contributed by atoms with Gasteiger partial charge in [0.15, 0.2) is 0 Å². The van der Waals surface area contributed by atoms with Gasteiger partial charge in [-0.25, -0.2) is 4.79 Å². The van der Waals surface area contributed by atoms with Gasteiger partial charge in [-0.2, -0.15) is 13.2 Å². The van der Waals surface area contributed by atoms with E-state index in [4.69, 9.17) is 22.1 Å². The number of urea groups is 1.